The molecule has 1 fully saturated rings. The SMILES string of the molecule is Cc1cccc(NC(=O)c2ccccc2NC(=O)CN2CCCN(Cc3ccccc3)CC2)c1. The summed E-state index contributed by atoms with van der Waals surface area (Å²) >= 11 is 0. The molecule has 2 N–H and O–H groups in total. The molecule has 0 aromatic heterocycles. The summed E-state index contributed by atoms with van der Waals surface area (Å²) in [5, 5.41) is 5.87. The van der Waals surface area contributed by atoms with E-state index in [0.717, 1.165) is 50.4 Å². The molecule has 1 saturated heterocycles. The van der Waals surface area contributed by atoms with Crippen molar-refractivity contribution in [3.63, 3.8) is 0 Å². The summed E-state index contributed by atoms with van der Waals surface area (Å²) < 4.78 is 0. The van der Waals surface area contributed by atoms with Crippen molar-refractivity contribution < 1.29 is 9.59 Å². The second kappa shape index (κ2) is 11.6. The van der Waals surface area contributed by atoms with Gasteiger partial charge in [-0.3, -0.25) is 19.4 Å². The number of benzene rings is 3. The topological polar surface area (TPSA) is 64.7 Å². The van der Waals surface area contributed by atoms with Gasteiger partial charge >= 0.3 is 0 Å². The summed E-state index contributed by atoms with van der Waals surface area (Å²) in [5.41, 5.74) is 4.09. The van der Waals surface area contributed by atoms with E-state index in [1.165, 1.54) is 5.56 Å². The quantitative estimate of drug-likeness (QED) is 0.553. The number of hydrogen-bond acceptors (Lipinski definition) is 4. The number of rotatable bonds is 7. The minimum absolute atomic E-state index is 0.104. The molecule has 34 heavy (non-hydrogen) atoms. The van der Waals surface area contributed by atoms with E-state index in [1.807, 2.05) is 43.3 Å². The predicted molar refractivity (Wildman–Crippen MR) is 137 cm³/mol. The van der Waals surface area contributed by atoms with Crippen LogP contribution in [0.2, 0.25) is 0 Å². The van der Waals surface area contributed by atoms with Gasteiger partial charge in [-0.25, -0.2) is 0 Å². The summed E-state index contributed by atoms with van der Waals surface area (Å²) in [4.78, 5) is 30.3. The van der Waals surface area contributed by atoms with Crippen molar-refractivity contribution in [1.29, 1.82) is 0 Å². The van der Waals surface area contributed by atoms with Crippen molar-refractivity contribution in [2.24, 2.45) is 0 Å². The average Bonchev–Trinajstić information content (AvgIpc) is 3.05. The van der Waals surface area contributed by atoms with Crippen molar-refractivity contribution in [2.45, 2.75) is 19.9 Å². The molecule has 0 aliphatic carbocycles. The first kappa shape index (κ1) is 23.7. The molecule has 3 aromatic rings. The zero-order valence-corrected chi connectivity index (χ0v) is 19.7. The average molecular weight is 457 g/mol. The molecule has 0 atom stereocenters. The Morgan fingerprint density at radius 1 is 0.794 bits per heavy atom. The van der Waals surface area contributed by atoms with Gasteiger partial charge in [0.05, 0.1) is 17.8 Å². The highest BCUT2D eigenvalue weighted by molar-refractivity contribution is 6.10. The highest BCUT2D eigenvalue weighted by Crippen LogP contribution is 2.18. The number of hydrogen-bond donors (Lipinski definition) is 2. The summed E-state index contributed by atoms with van der Waals surface area (Å²) in [6.07, 6.45) is 1.02. The van der Waals surface area contributed by atoms with Crippen molar-refractivity contribution in [2.75, 3.05) is 43.4 Å². The van der Waals surface area contributed by atoms with Crippen molar-refractivity contribution >= 4 is 23.2 Å². The Bertz CT molecular complexity index is 1120. The number of aryl methyl sites for hydroxylation is 1. The lowest BCUT2D eigenvalue weighted by molar-refractivity contribution is -0.117. The molecular weight excluding hydrogens is 424 g/mol. The summed E-state index contributed by atoms with van der Waals surface area (Å²) in [7, 11) is 0. The minimum atomic E-state index is -0.243. The van der Waals surface area contributed by atoms with E-state index in [0.29, 0.717) is 17.8 Å². The predicted octanol–water partition coefficient (Wildman–Crippen LogP) is 4.39. The van der Waals surface area contributed by atoms with Gasteiger partial charge in [-0.15, -0.1) is 0 Å². The third-order valence-corrected chi connectivity index (χ3v) is 6.02. The van der Waals surface area contributed by atoms with Gasteiger partial charge in [0.2, 0.25) is 5.91 Å². The van der Waals surface area contributed by atoms with Gasteiger partial charge in [-0.05, 0) is 61.8 Å². The van der Waals surface area contributed by atoms with E-state index in [2.05, 4.69) is 44.7 Å². The van der Waals surface area contributed by atoms with Gasteiger partial charge < -0.3 is 10.6 Å². The fourth-order valence-corrected chi connectivity index (χ4v) is 4.29. The second-order valence-corrected chi connectivity index (χ2v) is 8.81. The van der Waals surface area contributed by atoms with Crippen LogP contribution >= 0.6 is 0 Å². The van der Waals surface area contributed by atoms with E-state index >= 15 is 0 Å². The Labute approximate surface area is 201 Å². The molecule has 0 radical (unpaired) electrons. The van der Waals surface area contributed by atoms with Gasteiger partial charge in [-0.2, -0.15) is 0 Å². The minimum Gasteiger partial charge on any atom is -0.324 e. The molecule has 2 amide bonds. The zero-order valence-electron chi connectivity index (χ0n) is 19.7. The molecule has 1 heterocycles. The van der Waals surface area contributed by atoms with Gasteiger partial charge in [0.25, 0.3) is 5.91 Å². The molecule has 0 unspecified atom stereocenters. The first-order valence-corrected chi connectivity index (χ1v) is 11.8. The van der Waals surface area contributed by atoms with E-state index in [9.17, 15) is 9.59 Å². The summed E-state index contributed by atoms with van der Waals surface area (Å²) in [6, 6.07) is 25.3. The van der Waals surface area contributed by atoms with Gasteiger partial charge in [0, 0.05) is 25.3 Å². The molecule has 0 bridgehead atoms. The molecule has 3 aromatic carbocycles. The second-order valence-electron chi connectivity index (χ2n) is 8.81. The van der Waals surface area contributed by atoms with Gasteiger partial charge in [-0.1, -0.05) is 54.6 Å². The molecule has 0 saturated carbocycles. The zero-order chi connectivity index (χ0) is 23.8. The van der Waals surface area contributed by atoms with Crippen LogP contribution in [0.4, 0.5) is 11.4 Å². The maximum Gasteiger partial charge on any atom is 0.257 e. The number of amides is 2. The summed E-state index contributed by atoms with van der Waals surface area (Å²) in [5.74, 6) is -0.347. The molecule has 1 aliphatic heterocycles. The first-order valence-electron chi connectivity index (χ1n) is 11.8. The first-order chi connectivity index (χ1) is 16.6. The highest BCUT2D eigenvalue weighted by Gasteiger charge is 2.19. The highest BCUT2D eigenvalue weighted by atomic mass is 16.2. The number of carbonyl (C=O) groups excluding carboxylic acids is 2. The van der Waals surface area contributed by atoms with Crippen LogP contribution in [0.5, 0.6) is 0 Å². The van der Waals surface area contributed by atoms with Crippen LogP contribution < -0.4 is 10.6 Å². The van der Waals surface area contributed by atoms with E-state index in [-0.39, 0.29) is 11.8 Å². The van der Waals surface area contributed by atoms with Crippen LogP contribution in [0, 0.1) is 6.92 Å². The molecule has 0 spiro atoms. The number of carbonyl (C=O) groups is 2. The lowest BCUT2D eigenvalue weighted by atomic mass is 10.1. The molecule has 176 valence electrons. The molecule has 4 rings (SSSR count). The van der Waals surface area contributed by atoms with E-state index in [1.54, 1.807) is 18.2 Å². The molecule has 6 heteroatoms. The van der Waals surface area contributed by atoms with Gasteiger partial charge in [0.1, 0.15) is 0 Å². The third kappa shape index (κ3) is 6.76. The van der Waals surface area contributed by atoms with Crippen molar-refractivity contribution in [3.8, 4) is 0 Å². The molecular formula is C28H32N4O2. The Morgan fingerprint density at radius 2 is 1.53 bits per heavy atom. The van der Waals surface area contributed by atoms with E-state index in [4.69, 9.17) is 0 Å². The van der Waals surface area contributed by atoms with Crippen molar-refractivity contribution in [1.82, 2.24) is 9.80 Å². The fourth-order valence-electron chi connectivity index (χ4n) is 4.29. The van der Waals surface area contributed by atoms with Crippen LogP contribution in [-0.4, -0.2) is 54.3 Å². The molecule has 1 aliphatic rings. The van der Waals surface area contributed by atoms with Crippen LogP contribution in [0.25, 0.3) is 0 Å². The number of nitrogens with zero attached hydrogens (tertiary/aromatic N) is 2. The normalized spacial score (nSPS) is 14.9. The van der Waals surface area contributed by atoms with Crippen LogP contribution in [-0.2, 0) is 11.3 Å². The van der Waals surface area contributed by atoms with Crippen LogP contribution in [0.15, 0.2) is 78.9 Å². The van der Waals surface area contributed by atoms with E-state index < -0.39 is 0 Å². The van der Waals surface area contributed by atoms with Crippen molar-refractivity contribution in [3.05, 3.63) is 95.6 Å². The fraction of sp³-hybridized carbons (Fsp3) is 0.286. The van der Waals surface area contributed by atoms with Crippen LogP contribution in [0.3, 0.4) is 0 Å². The van der Waals surface area contributed by atoms with Gasteiger partial charge in [0.15, 0.2) is 0 Å². The summed E-state index contributed by atoms with van der Waals surface area (Å²) in [6.45, 7) is 6.90. The number of nitrogens with one attached hydrogen (secondary N) is 2. The lowest BCUT2D eigenvalue weighted by Crippen LogP contribution is -2.36. The smallest absolute Gasteiger partial charge is 0.257 e. The standard InChI is InChI=1S/C28H32N4O2/c1-22-9-7-12-24(19-22)29-28(34)25-13-5-6-14-26(25)30-27(33)21-32-16-8-15-31(17-18-32)20-23-10-3-2-4-11-23/h2-7,9-14,19H,8,15-18,20-21H2,1H3,(H,29,34)(H,30,33). The maximum absolute atomic E-state index is 12.9. The third-order valence-electron chi connectivity index (χ3n) is 6.02. The maximum atomic E-state index is 12.9. The largest absolute Gasteiger partial charge is 0.324 e. The Balaban J connectivity index is 1.32. The monoisotopic (exact) mass is 456 g/mol. The Morgan fingerprint density at radius 3 is 2.35 bits per heavy atom. The molecule has 6 nitrogen and oxygen atoms in total. The number of para-hydroxylation sites is 1. The van der Waals surface area contributed by atoms with Crippen LogP contribution in [0.1, 0.15) is 27.9 Å². The number of anilines is 2. The Hall–Kier alpha value is -3.48. The lowest BCUT2D eigenvalue weighted by Gasteiger charge is -2.21. The Kier molecular flexibility index (Phi) is 8.07.